The quantitative estimate of drug-likeness (QED) is 0.547. The molecule has 20 heavy (non-hydrogen) atoms. The lowest BCUT2D eigenvalue weighted by Gasteiger charge is -2.06. The Morgan fingerprint density at radius 1 is 1.15 bits per heavy atom. The van der Waals surface area contributed by atoms with E-state index in [4.69, 9.17) is 0 Å². The Morgan fingerprint density at radius 3 is 2.35 bits per heavy atom. The average molecular weight is 398 g/mol. The third kappa shape index (κ3) is 3.76. The van der Waals surface area contributed by atoms with Gasteiger partial charge in [0.25, 0.3) is 0 Å². The van der Waals surface area contributed by atoms with Gasteiger partial charge in [-0.05, 0) is 71.0 Å². The lowest BCUT2D eigenvalue weighted by atomic mass is 10.2. The predicted octanol–water partition coefficient (Wildman–Crippen LogP) is 4.79. The molecule has 104 valence electrons. The maximum atomic E-state index is 11.4. The Morgan fingerprint density at radius 2 is 1.80 bits per heavy atom. The van der Waals surface area contributed by atoms with Gasteiger partial charge in [-0.15, -0.1) is 0 Å². The molecule has 0 aliphatic rings. The van der Waals surface area contributed by atoms with E-state index < -0.39 is 0 Å². The summed E-state index contributed by atoms with van der Waals surface area (Å²) in [5, 5.41) is 0. The summed E-state index contributed by atoms with van der Waals surface area (Å²) in [6.45, 7) is 2.16. The molecule has 0 unspecified atom stereocenters. The minimum absolute atomic E-state index is 0.302. The fraction of sp³-hybridized carbons (Fsp3) is 0.188. The molecule has 2 nitrogen and oxygen atoms in total. The van der Waals surface area contributed by atoms with E-state index in [2.05, 4.69) is 52.5 Å². The second-order valence-electron chi connectivity index (χ2n) is 4.22. The van der Waals surface area contributed by atoms with Crippen molar-refractivity contribution < 1.29 is 9.53 Å². The molecule has 2 aromatic rings. The minimum atomic E-state index is -0.302. The number of ether oxygens (including phenoxy) is 1. The van der Waals surface area contributed by atoms with Crippen LogP contribution in [-0.2, 0) is 11.2 Å². The average Bonchev–Trinajstić information content (AvgIpc) is 2.47. The Hall–Kier alpha value is -1.01. The number of rotatable bonds is 4. The molecule has 0 saturated carbocycles. The van der Waals surface area contributed by atoms with E-state index in [0.717, 1.165) is 11.3 Å². The van der Waals surface area contributed by atoms with Crippen LogP contribution in [0.3, 0.4) is 0 Å². The van der Waals surface area contributed by atoms with E-state index in [1.54, 1.807) is 23.9 Å². The van der Waals surface area contributed by atoms with Crippen molar-refractivity contribution in [2.24, 2.45) is 0 Å². The zero-order chi connectivity index (χ0) is 14.5. The van der Waals surface area contributed by atoms with Crippen LogP contribution >= 0.6 is 34.4 Å². The monoisotopic (exact) mass is 398 g/mol. The molecule has 0 amide bonds. The fourth-order valence-corrected chi connectivity index (χ4v) is 3.76. The molecular formula is C16H15IO2S. The molecule has 0 aromatic heterocycles. The topological polar surface area (TPSA) is 26.3 Å². The van der Waals surface area contributed by atoms with E-state index in [1.807, 2.05) is 12.1 Å². The van der Waals surface area contributed by atoms with Gasteiger partial charge in [-0.1, -0.05) is 24.8 Å². The van der Waals surface area contributed by atoms with Crippen LogP contribution in [0.25, 0.3) is 0 Å². The van der Waals surface area contributed by atoms with Gasteiger partial charge in [-0.3, -0.25) is 0 Å². The van der Waals surface area contributed by atoms with Crippen LogP contribution in [0, 0.1) is 3.57 Å². The van der Waals surface area contributed by atoms with Crippen molar-refractivity contribution in [1.29, 1.82) is 0 Å². The van der Waals surface area contributed by atoms with E-state index >= 15 is 0 Å². The molecule has 0 aliphatic heterocycles. The normalized spacial score (nSPS) is 10.3. The molecular weight excluding hydrogens is 383 g/mol. The minimum Gasteiger partial charge on any atom is -0.465 e. The molecule has 0 radical (unpaired) electrons. The summed E-state index contributed by atoms with van der Waals surface area (Å²) in [5.74, 6) is -0.302. The number of benzene rings is 2. The van der Waals surface area contributed by atoms with Crippen LogP contribution in [0.5, 0.6) is 0 Å². The van der Waals surface area contributed by atoms with Crippen molar-refractivity contribution in [3.63, 3.8) is 0 Å². The number of hydrogen-bond donors (Lipinski definition) is 0. The number of hydrogen-bond acceptors (Lipinski definition) is 3. The smallest absolute Gasteiger partial charge is 0.337 e. The maximum absolute atomic E-state index is 11.4. The van der Waals surface area contributed by atoms with Crippen LogP contribution in [0.2, 0.25) is 0 Å². The van der Waals surface area contributed by atoms with Gasteiger partial charge in [0, 0.05) is 13.4 Å². The predicted molar refractivity (Wildman–Crippen MR) is 90.4 cm³/mol. The van der Waals surface area contributed by atoms with E-state index in [0.29, 0.717) is 5.56 Å². The molecule has 4 heteroatoms. The van der Waals surface area contributed by atoms with Gasteiger partial charge in [0.15, 0.2) is 0 Å². The molecule has 0 saturated heterocycles. The first-order valence-corrected chi connectivity index (χ1v) is 8.18. The van der Waals surface area contributed by atoms with Gasteiger partial charge < -0.3 is 4.74 Å². The second kappa shape index (κ2) is 7.13. The third-order valence-corrected chi connectivity index (χ3v) is 4.92. The number of halogens is 1. The molecule has 0 atom stereocenters. The number of carbonyl (C=O) groups is 1. The lowest BCUT2D eigenvalue weighted by Crippen LogP contribution is -2.00. The van der Waals surface area contributed by atoms with Gasteiger partial charge in [-0.2, -0.15) is 0 Å². The van der Waals surface area contributed by atoms with Crippen LogP contribution in [-0.4, -0.2) is 13.1 Å². The van der Waals surface area contributed by atoms with Gasteiger partial charge in [0.05, 0.1) is 12.7 Å². The zero-order valence-electron chi connectivity index (χ0n) is 11.4. The zero-order valence-corrected chi connectivity index (χ0v) is 14.3. The second-order valence-corrected chi connectivity index (χ2v) is 6.53. The van der Waals surface area contributed by atoms with Crippen LogP contribution in [0.1, 0.15) is 22.8 Å². The molecule has 0 heterocycles. The summed E-state index contributed by atoms with van der Waals surface area (Å²) in [6.07, 6.45) is 1.05. The Balaban J connectivity index is 2.14. The largest absolute Gasteiger partial charge is 0.465 e. The molecule has 0 fully saturated rings. The molecule has 0 bridgehead atoms. The van der Waals surface area contributed by atoms with Crippen molar-refractivity contribution in [1.82, 2.24) is 0 Å². The fourth-order valence-electron chi connectivity index (χ4n) is 1.79. The molecule has 0 spiro atoms. The van der Waals surface area contributed by atoms with Crippen LogP contribution < -0.4 is 0 Å². The van der Waals surface area contributed by atoms with Gasteiger partial charge in [0.1, 0.15) is 0 Å². The summed E-state index contributed by atoms with van der Waals surface area (Å²) in [4.78, 5) is 13.7. The molecule has 2 aromatic carbocycles. The highest BCUT2D eigenvalue weighted by Gasteiger charge is 2.06. The highest BCUT2D eigenvalue weighted by Crippen LogP contribution is 2.30. The summed E-state index contributed by atoms with van der Waals surface area (Å²) >= 11 is 4.07. The van der Waals surface area contributed by atoms with Gasteiger partial charge >= 0.3 is 5.97 Å². The maximum Gasteiger partial charge on any atom is 0.337 e. The molecule has 0 N–H and O–H groups in total. The van der Waals surface area contributed by atoms with Crippen molar-refractivity contribution in [2.75, 3.05) is 7.11 Å². The van der Waals surface area contributed by atoms with E-state index in [9.17, 15) is 4.79 Å². The number of aryl methyl sites for hydroxylation is 1. The Bertz CT molecular complexity index is 608. The first-order valence-electron chi connectivity index (χ1n) is 6.28. The van der Waals surface area contributed by atoms with Crippen molar-refractivity contribution in [3.8, 4) is 0 Å². The summed E-state index contributed by atoms with van der Waals surface area (Å²) in [5.41, 5.74) is 1.95. The number of methoxy groups -OCH3 is 1. The Kier molecular flexibility index (Phi) is 5.48. The van der Waals surface area contributed by atoms with Gasteiger partial charge in [-0.25, -0.2) is 4.79 Å². The summed E-state index contributed by atoms with van der Waals surface area (Å²) in [7, 11) is 1.39. The van der Waals surface area contributed by atoms with Crippen molar-refractivity contribution in [3.05, 3.63) is 57.2 Å². The standard InChI is InChI=1S/C16H15IO2S/c1-3-11-4-9-14(10-15(11)17)20-13-7-5-12(6-8-13)16(18)19-2/h4-10H,3H2,1-2H3. The molecule has 0 aliphatic carbocycles. The van der Waals surface area contributed by atoms with Crippen molar-refractivity contribution >= 4 is 40.3 Å². The Labute approximate surface area is 137 Å². The number of esters is 1. The highest BCUT2D eigenvalue weighted by molar-refractivity contribution is 14.1. The van der Waals surface area contributed by atoms with Gasteiger partial charge in [0.2, 0.25) is 0 Å². The SMILES string of the molecule is CCc1ccc(Sc2ccc(C(=O)OC)cc2)cc1I. The van der Waals surface area contributed by atoms with Crippen LogP contribution in [0.4, 0.5) is 0 Å². The van der Waals surface area contributed by atoms with Crippen LogP contribution in [0.15, 0.2) is 52.3 Å². The first-order chi connectivity index (χ1) is 9.63. The van der Waals surface area contributed by atoms with Crippen molar-refractivity contribution in [2.45, 2.75) is 23.1 Å². The highest BCUT2D eigenvalue weighted by atomic mass is 127. The van der Waals surface area contributed by atoms with E-state index in [1.165, 1.54) is 21.1 Å². The summed E-state index contributed by atoms with van der Waals surface area (Å²) in [6, 6.07) is 14.0. The lowest BCUT2D eigenvalue weighted by molar-refractivity contribution is 0.0600. The summed E-state index contributed by atoms with van der Waals surface area (Å²) < 4.78 is 5.98. The molecule has 2 rings (SSSR count). The van der Waals surface area contributed by atoms with E-state index in [-0.39, 0.29) is 5.97 Å². The third-order valence-electron chi connectivity index (χ3n) is 2.92. The number of carbonyl (C=O) groups excluding carboxylic acids is 1. The first kappa shape index (κ1) is 15.4.